The lowest BCUT2D eigenvalue weighted by Gasteiger charge is -2.23. The van der Waals surface area contributed by atoms with Crippen LogP contribution in [0.2, 0.25) is 5.02 Å². The van der Waals surface area contributed by atoms with Crippen LogP contribution in [-0.2, 0) is 0 Å². The van der Waals surface area contributed by atoms with E-state index in [1.54, 1.807) is 7.11 Å². The lowest BCUT2D eigenvalue weighted by Crippen LogP contribution is -2.23. The molecule has 0 aliphatic heterocycles. The van der Waals surface area contributed by atoms with E-state index in [4.69, 9.17) is 16.3 Å². The minimum Gasteiger partial charge on any atom is -0.496 e. The summed E-state index contributed by atoms with van der Waals surface area (Å²) in [5.41, 5.74) is 3.21. The molecule has 1 atom stereocenters. The van der Waals surface area contributed by atoms with Gasteiger partial charge in [0.2, 0.25) is 0 Å². The van der Waals surface area contributed by atoms with Crippen molar-refractivity contribution in [3.05, 3.63) is 62.6 Å². The van der Waals surface area contributed by atoms with Gasteiger partial charge in [-0.3, -0.25) is 0 Å². The molecule has 0 saturated heterocycles. The molecule has 0 amide bonds. The average molecular weight is 369 g/mol. The highest BCUT2D eigenvalue weighted by Gasteiger charge is 2.20. The Morgan fingerprint density at radius 1 is 1.24 bits per heavy atom. The molecule has 1 N–H and O–H groups in total. The van der Waals surface area contributed by atoms with Gasteiger partial charge in [-0.1, -0.05) is 52.7 Å². The second-order valence-corrected chi connectivity index (χ2v) is 6.15. The Kier molecular flexibility index (Phi) is 5.68. The zero-order valence-electron chi connectivity index (χ0n) is 12.4. The van der Waals surface area contributed by atoms with Gasteiger partial charge < -0.3 is 10.1 Å². The van der Waals surface area contributed by atoms with Crippen LogP contribution >= 0.6 is 27.5 Å². The van der Waals surface area contributed by atoms with Crippen molar-refractivity contribution in [2.75, 3.05) is 13.7 Å². The standard InChI is InChI=1S/C17H19BrClNO/c1-4-20-17(13-7-5-6-11(2)16(13)19)14-10-12(18)8-9-15(14)21-3/h5-10,17,20H,4H2,1-3H3. The summed E-state index contributed by atoms with van der Waals surface area (Å²) in [5, 5.41) is 4.30. The highest BCUT2D eigenvalue weighted by Crippen LogP contribution is 2.36. The molecule has 0 radical (unpaired) electrons. The third-order valence-corrected chi connectivity index (χ3v) is 4.45. The third-order valence-electron chi connectivity index (χ3n) is 3.44. The van der Waals surface area contributed by atoms with Crippen LogP contribution in [-0.4, -0.2) is 13.7 Å². The number of rotatable bonds is 5. The number of hydrogen-bond donors (Lipinski definition) is 1. The molecule has 2 aromatic rings. The quantitative estimate of drug-likeness (QED) is 0.791. The Balaban J connectivity index is 2.58. The van der Waals surface area contributed by atoms with E-state index in [0.717, 1.165) is 38.5 Å². The van der Waals surface area contributed by atoms with Crippen LogP contribution in [0.15, 0.2) is 40.9 Å². The van der Waals surface area contributed by atoms with Crippen molar-refractivity contribution < 1.29 is 4.74 Å². The van der Waals surface area contributed by atoms with E-state index in [1.165, 1.54) is 0 Å². The number of nitrogens with one attached hydrogen (secondary N) is 1. The highest BCUT2D eigenvalue weighted by molar-refractivity contribution is 9.10. The summed E-state index contributed by atoms with van der Waals surface area (Å²) in [4.78, 5) is 0. The summed E-state index contributed by atoms with van der Waals surface area (Å²) in [6.07, 6.45) is 0. The number of halogens is 2. The van der Waals surface area contributed by atoms with Crippen molar-refractivity contribution in [1.82, 2.24) is 5.32 Å². The molecule has 0 spiro atoms. The molecule has 0 aliphatic carbocycles. The first-order valence-electron chi connectivity index (χ1n) is 6.90. The van der Waals surface area contributed by atoms with Crippen molar-refractivity contribution >= 4 is 27.5 Å². The van der Waals surface area contributed by atoms with Crippen molar-refractivity contribution in [3.8, 4) is 5.75 Å². The molecule has 2 rings (SSSR count). The second-order valence-electron chi connectivity index (χ2n) is 4.86. The summed E-state index contributed by atoms with van der Waals surface area (Å²) < 4.78 is 6.53. The number of ether oxygens (including phenoxy) is 1. The normalized spacial score (nSPS) is 12.2. The van der Waals surface area contributed by atoms with Crippen LogP contribution in [0.4, 0.5) is 0 Å². The van der Waals surface area contributed by atoms with Gasteiger partial charge >= 0.3 is 0 Å². The Morgan fingerprint density at radius 3 is 2.67 bits per heavy atom. The van der Waals surface area contributed by atoms with Gasteiger partial charge in [0, 0.05) is 15.1 Å². The largest absolute Gasteiger partial charge is 0.496 e. The fourth-order valence-electron chi connectivity index (χ4n) is 2.42. The second kappa shape index (κ2) is 7.30. The van der Waals surface area contributed by atoms with Crippen molar-refractivity contribution in [3.63, 3.8) is 0 Å². The Bertz CT molecular complexity index is 630. The number of benzene rings is 2. The van der Waals surface area contributed by atoms with Crippen LogP contribution in [0, 0.1) is 6.92 Å². The van der Waals surface area contributed by atoms with E-state index in [2.05, 4.69) is 40.3 Å². The Morgan fingerprint density at radius 2 is 2.00 bits per heavy atom. The van der Waals surface area contributed by atoms with Gasteiger partial charge in [0.25, 0.3) is 0 Å². The van der Waals surface area contributed by atoms with Crippen LogP contribution in [0.1, 0.15) is 29.7 Å². The molecule has 0 aromatic heterocycles. The van der Waals surface area contributed by atoms with Gasteiger partial charge in [-0.25, -0.2) is 0 Å². The van der Waals surface area contributed by atoms with Crippen LogP contribution < -0.4 is 10.1 Å². The predicted molar refractivity (Wildman–Crippen MR) is 92.4 cm³/mol. The van der Waals surface area contributed by atoms with Crippen LogP contribution in [0.3, 0.4) is 0 Å². The van der Waals surface area contributed by atoms with Gasteiger partial charge in [-0.05, 0) is 42.8 Å². The molecule has 0 saturated carbocycles. The topological polar surface area (TPSA) is 21.3 Å². The molecule has 2 nitrogen and oxygen atoms in total. The van der Waals surface area contributed by atoms with Gasteiger partial charge in [-0.2, -0.15) is 0 Å². The lowest BCUT2D eigenvalue weighted by molar-refractivity contribution is 0.404. The maximum absolute atomic E-state index is 6.52. The fourth-order valence-corrected chi connectivity index (χ4v) is 3.03. The first-order valence-corrected chi connectivity index (χ1v) is 8.07. The first kappa shape index (κ1) is 16.3. The molecule has 0 bridgehead atoms. The molecule has 112 valence electrons. The first-order chi connectivity index (χ1) is 10.1. The molecule has 2 aromatic carbocycles. The molecule has 0 heterocycles. The molecule has 0 aliphatic rings. The van der Waals surface area contributed by atoms with Gasteiger partial charge in [0.05, 0.1) is 13.2 Å². The minimum absolute atomic E-state index is 0.00477. The van der Waals surface area contributed by atoms with E-state index in [0.29, 0.717) is 0 Å². The van der Waals surface area contributed by atoms with Crippen molar-refractivity contribution in [2.24, 2.45) is 0 Å². The van der Waals surface area contributed by atoms with Gasteiger partial charge in [-0.15, -0.1) is 0 Å². The Labute approximate surface area is 139 Å². The molecule has 21 heavy (non-hydrogen) atoms. The number of methoxy groups -OCH3 is 1. The molecule has 1 unspecified atom stereocenters. The maximum atomic E-state index is 6.52. The summed E-state index contributed by atoms with van der Waals surface area (Å²) in [6.45, 7) is 4.94. The van der Waals surface area contributed by atoms with E-state index < -0.39 is 0 Å². The third kappa shape index (κ3) is 3.60. The summed E-state index contributed by atoms with van der Waals surface area (Å²) in [7, 11) is 1.69. The van der Waals surface area contributed by atoms with Gasteiger partial charge in [0.1, 0.15) is 5.75 Å². The minimum atomic E-state index is -0.00477. The van der Waals surface area contributed by atoms with E-state index in [9.17, 15) is 0 Å². The van der Waals surface area contributed by atoms with Crippen molar-refractivity contribution in [1.29, 1.82) is 0 Å². The lowest BCUT2D eigenvalue weighted by atomic mass is 9.96. The van der Waals surface area contributed by atoms with E-state index >= 15 is 0 Å². The molecule has 0 fully saturated rings. The van der Waals surface area contributed by atoms with Crippen LogP contribution in [0.5, 0.6) is 5.75 Å². The Hall–Kier alpha value is -1.03. The smallest absolute Gasteiger partial charge is 0.124 e. The maximum Gasteiger partial charge on any atom is 0.124 e. The van der Waals surface area contributed by atoms with E-state index in [-0.39, 0.29) is 6.04 Å². The molecular weight excluding hydrogens is 350 g/mol. The molecule has 4 heteroatoms. The zero-order chi connectivity index (χ0) is 15.4. The summed E-state index contributed by atoms with van der Waals surface area (Å²) in [6, 6.07) is 12.1. The fraction of sp³-hybridized carbons (Fsp3) is 0.294. The number of aryl methyl sites for hydroxylation is 1. The number of hydrogen-bond acceptors (Lipinski definition) is 2. The highest BCUT2D eigenvalue weighted by atomic mass is 79.9. The van der Waals surface area contributed by atoms with Gasteiger partial charge in [0.15, 0.2) is 0 Å². The average Bonchev–Trinajstić information content (AvgIpc) is 2.48. The molecular formula is C17H19BrClNO. The van der Waals surface area contributed by atoms with Crippen LogP contribution in [0.25, 0.3) is 0 Å². The zero-order valence-corrected chi connectivity index (χ0v) is 14.8. The van der Waals surface area contributed by atoms with Crippen molar-refractivity contribution in [2.45, 2.75) is 19.9 Å². The SMILES string of the molecule is CCNC(c1cc(Br)ccc1OC)c1cccc(C)c1Cl. The van der Waals surface area contributed by atoms with E-state index in [1.807, 2.05) is 31.2 Å². The monoisotopic (exact) mass is 367 g/mol. The summed E-state index contributed by atoms with van der Waals surface area (Å²) >= 11 is 10.1. The summed E-state index contributed by atoms with van der Waals surface area (Å²) in [5.74, 6) is 0.849. The predicted octanol–water partition coefficient (Wildman–Crippen LogP) is 5.12.